The first kappa shape index (κ1) is 18.7. The molecular formula is C19H24N2O4. The highest BCUT2D eigenvalue weighted by atomic mass is 16.5. The van der Waals surface area contributed by atoms with Crippen molar-refractivity contribution in [2.24, 2.45) is 0 Å². The van der Waals surface area contributed by atoms with E-state index in [1.165, 1.54) is 0 Å². The zero-order valence-corrected chi connectivity index (χ0v) is 15.3. The lowest BCUT2D eigenvalue weighted by atomic mass is 10.1. The molecule has 2 aromatic rings. The molecular weight excluding hydrogens is 320 g/mol. The number of aromatic nitrogens is 1. The summed E-state index contributed by atoms with van der Waals surface area (Å²) in [4.78, 5) is 24.2. The number of nitrogens with zero attached hydrogens (tertiary/aromatic N) is 1. The van der Waals surface area contributed by atoms with E-state index in [0.717, 1.165) is 28.1 Å². The summed E-state index contributed by atoms with van der Waals surface area (Å²) in [5.41, 5.74) is 4.40. The summed E-state index contributed by atoms with van der Waals surface area (Å²) in [7, 11) is 0. The van der Waals surface area contributed by atoms with Crippen LogP contribution in [-0.2, 0) is 20.7 Å². The minimum absolute atomic E-state index is 0.171. The van der Waals surface area contributed by atoms with Crippen LogP contribution < -0.4 is 5.32 Å². The zero-order chi connectivity index (χ0) is 18.6. The molecule has 1 amide bonds. The van der Waals surface area contributed by atoms with Gasteiger partial charge in [0.1, 0.15) is 5.76 Å². The first-order valence-electron chi connectivity index (χ1n) is 8.27. The van der Waals surface area contributed by atoms with Crippen LogP contribution >= 0.6 is 0 Å². The Labute approximate surface area is 147 Å². The van der Waals surface area contributed by atoms with E-state index in [9.17, 15) is 9.59 Å². The summed E-state index contributed by atoms with van der Waals surface area (Å²) in [5, 5.41) is 6.66. The van der Waals surface area contributed by atoms with Gasteiger partial charge in [0.25, 0.3) is 5.91 Å². The quantitative estimate of drug-likeness (QED) is 0.812. The third-order valence-electron chi connectivity index (χ3n) is 4.09. The number of benzene rings is 1. The second-order valence-electron chi connectivity index (χ2n) is 6.24. The number of carbonyl (C=O) groups is 2. The standard InChI is InChI=1S/C19H24N2O4/c1-11-6-7-12(2)17(10-11)20-19(23)15(5)24-18(22)9-8-16-13(3)21-25-14(16)4/h6-7,10,15H,8-9H2,1-5H3,(H,20,23)/t15-/m0/s1. The van der Waals surface area contributed by atoms with Crippen LogP contribution in [0.2, 0.25) is 0 Å². The Morgan fingerprint density at radius 2 is 1.96 bits per heavy atom. The summed E-state index contributed by atoms with van der Waals surface area (Å²) in [6.45, 7) is 9.06. The molecule has 0 aliphatic heterocycles. The van der Waals surface area contributed by atoms with Gasteiger partial charge in [-0.15, -0.1) is 0 Å². The van der Waals surface area contributed by atoms with Crippen LogP contribution in [-0.4, -0.2) is 23.1 Å². The van der Waals surface area contributed by atoms with Crippen molar-refractivity contribution < 1.29 is 18.8 Å². The summed E-state index contributed by atoms with van der Waals surface area (Å²) in [5.74, 6) is -0.0750. The predicted molar refractivity (Wildman–Crippen MR) is 94.4 cm³/mol. The van der Waals surface area contributed by atoms with Crippen molar-refractivity contribution in [2.75, 3.05) is 5.32 Å². The van der Waals surface area contributed by atoms with Crippen LogP contribution in [0.15, 0.2) is 22.7 Å². The molecule has 0 saturated heterocycles. The van der Waals surface area contributed by atoms with E-state index in [1.807, 2.05) is 39.0 Å². The highest BCUT2D eigenvalue weighted by Crippen LogP contribution is 2.17. The molecule has 1 N–H and O–H groups in total. The van der Waals surface area contributed by atoms with Crippen LogP contribution in [0.4, 0.5) is 5.69 Å². The Morgan fingerprint density at radius 3 is 2.60 bits per heavy atom. The monoisotopic (exact) mass is 344 g/mol. The largest absolute Gasteiger partial charge is 0.453 e. The van der Waals surface area contributed by atoms with Crippen molar-refractivity contribution in [3.8, 4) is 0 Å². The molecule has 0 aliphatic carbocycles. The molecule has 0 aliphatic rings. The smallest absolute Gasteiger partial charge is 0.306 e. The van der Waals surface area contributed by atoms with Crippen molar-refractivity contribution in [3.05, 3.63) is 46.3 Å². The fourth-order valence-electron chi connectivity index (χ4n) is 2.50. The molecule has 1 heterocycles. The molecule has 0 radical (unpaired) electrons. The number of esters is 1. The summed E-state index contributed by atoms with van der Waals surface area (Å²) in [6, 6.07) is 5.80. The predicted octanol–water partition coefficient (Wildman–Crippen LogP) is 3.41. The molecule has 0 fully saturated rings. The van der Waals surface area contributed by atoms with E-state index >= 15 is 0 Å². The molecule has 6 heteroatoms. The Hall–Kier alpha value is -2.63. The average Bonchev–Trinajstić information content (AvgIpc) is 2.87. The molecule has 0 unspecified atom stereocenters. The lowest BCUT2D eigenvalue weighted by Crippen LogP contribution is -2.30. The topological polar surface area (TPSA) is 81.4 Å². The molecule has 0 bridgehead atoms. The molecule has 2 rings (SSSR count). The van der Waals surface area contributed by atoms with Gasteiger partial charge in [-0.2, -0.15) is 0 Å². The van der Waals surface area contributed by atoms with E-state index in [2.05, 4.69) is 10.5 Å². The van der Waals surface area contributed by atoms with Crippen LogP contribution in [0.3, 0.4) is 0 Å². The van der Waals surface area contributed by atoms with Crippen molar-refractivity contribution >= 4 is 17.6 Å². The number of carbonyl (C=O) groups excluding carboxylic acids is 2. The molecule has 6 nitrogen and oxygen atoms in total. The Morgan fingerprint density at radius 1 is 1.24 bits per heavy atom. The number of ether oxygens (including phenoxy) is 1. The fourth-order valence-corrected chi connectivity index (χ4v) is 2.50. The third-order valence-corrected chi connectivity index (χ3v) is 4.09. The zero-order valence-electron chi connectivity index (χ0n) is 15.3. The van der Waals surface area contributed by atoms with E-state index in [4.69, 9.17) is 9.26 Å². The Balaban J connectivity index is 1.88. The Kier molecular flexibility index (Phi) is 5.96. The summed E-state index contributed by atoms with van der Waals surface area (Å²) in [6.07, 6.45) is -0.216. The molecule has 0 spiro atoms. The highest BCUT2D eigenvalue weighted by Gasteiger charge is 2.19. The molecule has 1 atom stereocenters. The van der Waals surface area contributed by atoms with Crippen LogP contribution in [0.25, 0.3) is 0 Å². The van der Waals surface area contributed by atoms with Crippen molar-refractivity contribution in [2.45, 2.75) is 53.6 Å². The number of aryl methyl sites for hydroxylation is 4. The van der Waals surface area contributed by atoms with Gasteiger partial charge in [0, 0.05) is 17.7 Å². The maximum absolute atomic E-state index is 12.2. The van der Waals surface area contributed by atoms with Gasteiger partial charge in [0.05, 0.1) is 5.69 Å². The van der Waals surface area contributed by atoms with E-state index in [1.54, 1.807) is 13.8 Å². The van der Waals surface area contributed by atoms with Crippen LogP contribution in [0.1, 0.15) is 41.5 Å². The van der Waals surface area contributed by atoms with Gasteiger partial charge in [-0.3, -0.25) is 9.59 Å². The van der Waals surface area contributed by atoms with Gasteiger partial charge in [-0.1, -0.05) is 17.3 Å². The van der Waals surface area contributed by atoms with E-state index < -0.39 is 12.1 Å². The number of nitrogens with one attached hydrogen (secondary N) is 1. The first-order chi connectivity index (χ1) is 11.8. The molecule has 25 heavy (non-hydrogen) atoms. The maximum atomic E-state index is 12.2. The third kappa shape index (κ3) is 4.92. The first-order valence-corrected chi connectivity index (χ1v) is 8.27. The second-order valence-corrected chi connectivity index (χ2v) is 6.24. The van der Waals surface area contributed by atoms with Gasteiger partial charge in [-0.05, 0) is 58.2 Å². The SMILES string of the molecule is Cc1ccc(C)c(NC(=O)[C@H](C)OC(=O)CCc2c(C)noc2C)c1. The van der Waals surface area contributed by atoms with Gasteiger partial charge in [0.2, 0.25) is 0 Å². The van der Waals surface area contributed by atoms with Gasteiger partial charge < -0.3 is 14.6 Å². The maximum Gasteiger partial charge on any atom is 0.306 e. The average molecular weight is 344 g/mol. The molecule has 1 aromatic heterocycles. The number of anilines is 1. The lowest BCUT2D eigenvalue weighted by Gasteiger charge is -2.15. The number of hydrogen-bond acceptors (Lipinski definition) is 5. The number of rotatable bonds is 6. The Bertz CT molecular complexity index is 760. The van der Waals surface area contributed by atoms with Gasteiger partial charge in [-0.25, -0.2) is 0 Å². The number of amides is 1. The van der Waals surface area contributed by atoms with Crippen molar-refractivity contribution in [1.82, 2.24) is 5.16 Å². The normalized spacial score (nSPS) is 11.9. The minimum atomic E-state index is -0.864. The lowest BCUT2D eigenvalue weighted by molar-refractivity contribution is -0.153. The van der Waals surface area contributed by atoms with Crippen LogP contribution in [0, 0.1) is 27.7 Å². The van der Waals surface area contributed by atoms with Crippen molar-refractivity contribution in [3.63, 3.8) is 0 Å². The van der Waals surface area contributed by atoms with Gasteiger partial charge in [0.15, 0.2) is 6.10 Å². The second kappa shape index (κ2) is 7.96. The van der Waals surface area contributed by atoms with Crippen LogP contribution in [0.5, 0.6) is 0 Å². The number of hydrogen-bond donors (Lipinski definition) is 1. The summed E-state index contributed by atoms with van der Waals surface area (Å²) < 4.78 is 10.3. The molecule has 1 aromatic carbocycles. The molecule has 0 saturated carbocycles. The van der Waals surface area contributed by atoms with E-state index in [-0.39, 0.29) is 12.3 Å². The van der Waals surface area contributed by atoms with Crippen molar-refractivity contribution in [1.29, 1.82) is 0 Å². The highest BCUT2D eigenvalue weighted by molar-refractivity contribution is 5.95. The minimum Gasteiger partial charge on any atom is -0.453 e. The summed E-state index contributed by atoms with van der Waals surface area (Å²) >= 11 is 0. The fraction of sp³-hybridized carbons (Fsp3) is 0.421. The van der Waals surface area contributed by atoms with E-state index in [0.29, 0.717) is 12.2 Å². The van der Waals surface area contributed by atoms with Gasteiger partial charge >= 0.3 is 5.97 Å². The molecule has 134 valence electrons.